The van der Waals surface area contributed by atoms with E-state index in [0.717, 1.165) is 37.4 Å². The van der Waals surface area contributed by atoms with Gasteiger partial charge in [-0.2, -0.15) is 0 Å². The van der Waals surface area contributed by atoms with Gasteiger partial charge >= 0.3 is 0 Å². The van der Waals surface area contributed by atoms with E-state index in [2.05, 4.69) is 38.1 Å². The molecule has 4 rings (SSSR count). The summed E-state index contributed by atoms with van der Waals surface area (Å²) in [4.78, 5) is 6.60. The quantitative estimate of drug-likeness (QED) is 0.757. The van der Waals surface area contributed by atoms with Crippen LogP contribution in [-0.2, 0) is 11.3 Å². The minimum atomic E-state index is -0.0478. The smallest absolute Gasteiger partial charge is 0.170 e. The Hall–Kier alpha value is -1.96. The van der Waals surface area contributed by atoms with Gasteiger partial charge in [0.1, 0.15) is 0 Å². The lowest BCUT2D eigenvalue weighted by Crippen LogP contribution is -2.33. The molecule has 26 heavy (non-hydrogen) atoms. The highest BCUT2D eigenvalue weighted by Gasteiger charge is 2.40. The molecule has 6 nitrogen and oxygen atoms in total. The zero-order valence-electron chi connectivity index (χ0n) is 14.6. The molecule has 2 saturated heterocycles. The Morgan fingerprint density at radius 2 is 2.23 bits per heavy atom. The van der Waals surface area contributed by atoms with Crippen molar-refractivity contribution in [2.24, 2.45) is 0 Å². The largest absolute Gasteiger partial charge is 0.395 e. The predicted octanol–water partition coefficient (Wildman–Crippen LogP) is 2.03. The van der Waals surface area contributed by atoms with Gasteiger partial charge in [-0.3, -0.25) is 4.98 Å². The van der Waals surface area contributed by atoms with Crippen molar-refractivity contribution in [1.29, 1.82) is 0 Å². The van der Waals surface area contributed by atoms with Gasteiger partial charge in [0.15, 0.2) is 5.11 Å². The van der Waals surface area contributed by atoms with Gasteiger partial charge in [-0.05, 0) is 49.3 Å². The van der Waals surface area contributed by atoms with Crippen LogP contribution in [0.3, 0.4) is 0 Å². The summed E-state index contributed by atoms with van der Waals surface area (Å²) in [6.07, 6.45) is 6.40. The van der Waals surface area contributed by atoms with Gasteiger partial charge in [-0.15, -0.1) is 0 Å². The van der Waals surface area contributed by atoms with E-state index in [0.29, 0.717) is 11.7 Å². The monoisotopic (exact) mass is 372 g/mol. The molecule has 0 radical (unpaired) electrons. The van der Waals surface area contributed by atoms with Crippen LogP contribution in [0.5, 0.6) is 0 Å². The van der Waals surface area contributed by atoms with Crippen molar-refractivity contribution in [2.75, 3.05) is 19.8 Å². The van der Waals surface area contributed by atoms with Gasteiger partial charge < -0.3 is 24.6 Å². The number of aliphatic hydroxyl groups excluding tert-OH is 1. The summed E-state index contributed by atoms with van der Waals surface area (Å²) in [5.74, 6) is 0. The first-order valence-electron chi connectivity index (χ1n) is 9.13. The number of nitrogens with zero attached hydrogens (tertiary/aromatic N) is 3. The molecule has 2 aliphatic rings. The maximum absolute atomic E-state index is 9.54. The third kappa shape index (κ3) is 3.34. The molecule has 3 atom stereocenters. The van der Waals surface area contributed by atoms with Crippen LogP contribution in [-0.4, -0.2) is 50.5 Å². The second-order valence-corrected chi connectivity index (χ2v) is 7.15. The Bertz CT molecular complexity index is 745. The fraction of sp³-hybridized carbons (Fsp3) is 0.474. The highest BCUT2D eigenvalue weighted by Crippen LogP contribution is 2.38. The number of pyridine rings is 1. The Kier molecular flexibility index (Phi) is 5.19. The number of hydrogen-bond donors (Lipinski definition) is 2. The maximum Gasteiger partial charge on any atom is 0.170 e. The Morgan fingerprint density at radius 3 is 2.96 bits per heavy atom. The number of thiocarbonyl (C=S) groups is 1. The highest BCUT2D eigenvalue weighted by atomic mass is 32.1. The Morgan fingerprint density at radius 1 is 1.31 bits per heavy atom. The number of hydrogen-bond acceptors (Lipinski definition) is 4. The molecular formula is C19H24N4O2S. The van der Waals surface area contributed by atoms with Crippen molar-refractivity contribution in [3.8, 4) is 0 Å². The molecule has 0 amide bonds. The topological polar surface area (TPSA) is 62.5 Å². The average molecular weight is 372 g/mol. The molecule has 0 bridgehead atoms. The molecule has 0 aliphatic carbocycles. The molecule has 0 unspecified atom stereocenters. The molecule has 0 aromatic carbocycles. The van der Waals surface area contributed by atoms with Crippen LogP contribution in [0.25, 0.3) is 0 Å². The third-order valence-corrected chi connectivity index (χ3v) is 5.48. The number of aliphatic hydroxyl groups is 1. The van der Waals surface area contributed by atoms with Crippen LogP contribution >= 0.6 is 12.2 Å². The second-order valence-electron chi connectivity index (χ2n) is 6.76. The van der Waals surface area contributed by atoms with Crippen LogP contribution in [0, 0.1) is 0 Å². The first-order valence-corrected chi connectivity index (χ1v) is 9.54. The van der Waals surface area contributed by atoms with E-state index in [9.17, 15) is 5.11 Å². The van der Waals surface area contributed by atoms with E-state index >= 15 is 0 Å². The zero-order chi connectivity index (χ0) is 17.9. The first-order chi connectivity index (χ1) is 12.8. The van der Waals surface area contributed by atoms with Gasteiger partial charge in [-0.25, -0.2) is 0 Å². The summed E-state index contributed by atoms with van der Waals surface area (Å²) >= 11 is 5.56. The molecule has 2 aromatic heterocycles. The average Bonchev–Trinajstić information content (AvgIpc) is 3.39. The van der Waals surface area contributed by atoms with Crippen LogP contribution < -0.4 is 5.32 Å². The first kappa shape index (κ1) is 17.5. The molecule has 7 heteroatoms. The summed E-state index contributed by atoms with van der Waals surface area (Å²) in [7, 11) is 0. The van der Waals surface area contributed by atoms with E-state index in [1.807, 2.05) is 18.2 Å². The molecule has 0 saturated carbocycles. The fourth-order valence-electron chi connectivity index (χ4n) is 3.95. The molecule has 2 fully saturated rings. The van der Waals surface area contributed by atoms with Gasteiger partial charge in [0.05, 0.1) is 30.5 Å². The van der Waals surface area contributed by atoms with E-state index in [-0.39, 0.29) is 24.8 Å². The standard InChI is InChI=1S/C19H24N4O2S/c24-11-10-23-18(17(21-19(23)26)15-6-1-2-8-20-15)16-7-3-9-22(16)13-14-5-4-12-25-14/h1-3,6-9,14,17-18,24H,4-5,10-13H2,(H,21,26)/t14-,17-,18+/m1/s1. The molecular weight excluding hydrogens is 348 g/mol. The molecule has 2 aliphatic heterocycles. The molecule has 0 spiro atoms. The van der Waals surface area contributed by atoms with Gasteiger partial charge in [-0.1, -0.05) is 6.07 Å². The minimum absolute atomic E-state index is 0.0130. The van der Waals surface area contributed by atoms with Crippen LogP contribution in [0.4, 0.5) is 0 Å². The lowest BCUT2D eigenvalue weighted by atomic mass is 10.0. The fourth-order valence-corrected chi connectivity index (χ4v) is 4.28. The normalized spacial score (nSPS) is 25.7. The van der Waals surface area contributed by atoms with Crippen molar-refractivity contribution in [1.82, 2.24) is 19.8 Å². The van der Waals surface area contributed by atoms with Crippen molar-refractivity contribution >= 4 is 17.3 Å². The molecule has 2 N–H and O–H groups in total. The van der Waals surface area contributed by atoms with Crippen molar-refractivity contribution in [2.45, 2.75) is 37.6 Å². The van der Waals surface area contributed by atoms with E-state index in [1.54, 1.807) is 6.20 Å². The van der Waals surface area contributed by atoms with Crippen LogP contribution in [0.15, 0.2) is 42.7 Å². The third-order valence-electron chi connectivity index (χ3n) is 5.13. The predicted molar refractivity (Wildman–Crippen MR) is 103 cm³/mol. The van der Waals surface area contributed by atoms with Gasteiger partial charge in [0, 0.05) is 37.8 Å². The molecule has 2 aromatic rings. The van der Waals surface area contributed by atoms with Crippen molar-refractivity contribution in [3.63, 3.8) is 0 Å². The molecule has 138 valence electrons. The summed E-state index contributed by atoms with van der Waals surface area (Å²) in [6, 6.07) is 10.1. The van der Waals surface area contributed by atoms with E-state index in [1.165, 1.54) is 0 Å². The maximum atomic E-state index is 9.54. The molecule has 4 heterocycles. The number of rotatable bonds is 6. The van der Waals surface area contributed by atoms with Crippen LogP contribution in [0.2, 0.25) is 0 Å². The van der Waals surface area contributed by atoms with Crippen molar-refractivity contribution in [3.05, 3.63) is 54.1 Å². The SMILES string of the molecule is OCCN1C(=S)N[C@H](c2ccccn2)[C@@H]1c1cccn1C[C@H]1CCCO1. The number of aromatic nitrogens is 2. The summed E-state index contributed by atoms with van der Waals surface area (Å²) < 4.78 is 8.08. The number of nitrogens with one attached hydrogen (secondary N) is 1. The van der Waals surface area contributed by atoms with E-state index in [4.69, 9.17) is 17.0 Å². The summed E-state index contributed by atoms with van der Waals surface area (Å²) in [5, 5.41) is 13.6. The van der Waals surface area contributed by atoms with Gasteiger partial charge in [0.25, 0.3) is 0 Å². The summed E-state index contributed by atoms with van der Waals surface area (Å²) in [6.45, 7) is 2.24. The number of β-amino-alcohol motifs (C(OH)–C–C–N with tert-alkyl or cyclic N) is 1. The number of ether oxygens (including phenoxy) is 1. The Balaban J connectivity index is 1.68. The zero-order valence-corrected chi connectivity index (χ0v) is 15.4. The van der Waals surface area contributed by atoms with Gasteiger partial charge in [0.2, 0.25) is 0 Å². The second kappa shape index (κ2) is 7.73. The summed E-state index contributed by atoms with van der Waals surface area (Å²) in [5.41, 5.74) is 2.11. The lowest BCUT2D eigenvalue weighted by molar-refractivity contribution is 0.0951. The Labute approximate surface area is 158 Å². The highest BCUT2D eigenvalue weighted by molar-refractivity contribution is 7.80. The lowest BCUT2D eigenvalue weighted by Gasteiger charge is -2.28. The van der Waals surface area contributed by atoms with Crippen LogP contribution in [0.1, 0.15) is 36.3 Å². The van der Waals surface area contributed by atoms with Crippen molar-refractivity contribution < 1.29 is 9.84 Å². The van der Waals surface area contributed by atoms with E-state index < -0.39 is 0 Å². The minimum Gasteiger partial charge on any atom is -0.395 e.